The molecule has 1 atom stereocenters. The van der Waals surface area contributed by atoms with Crippen molar-refractivity contribution >= 4 is 11.7 Å². The topological polar surface area (TPSA) is 63.4 Å². The summed E-state index contributed by atoms with van der Waals surface area (Å²) < 4.78 is 4.93. The van der Waals surface area contributed by atoms with E-state index in [9.17, 15) is 9.59 Å². The fourth-order valence-electron chi connectivity index (χ4n) is 2.47. The van der Waals surface area contributed by atoms with E-state index in [1.54, 1.807) is 18.7 Å². The number of ketones is 1. The summed E-state index contributed by atoms with van der Waals surface area (Å²) in [7, 11) is 0. The average Bonchev–Trinajstić information content (AvgIpc) is 2.74. The molecule has 0 N–H and O–H groups in total. The van der Waals surface area contributed by atoms with Gasteiger partial charge in [-0.25, -0.2) is 0 Å². The number of aromatic nitrogens is 1. The van der Waals surface area contributed by atoms with Gasteiger partial charge in [0, 0.05) is 19.0 Å². The largest absolute Gasteiger partial charge is 0.361 e. The summed E-state index contributed by atoms with van der Waals surface area (Å²) in [5.41, 5.74) is 0.505. The van der Waals surface area contributed by atoms with Crippen molar-refractivity contribution in [3.63, 3.8) is 0 Å². The summed E-state index contributed by atoms with van der Waals surface area (Å²) in [6.45, 7) is 4.01. The number of carbonyl (C=O) groups excluding carboxylic acids is 2. The lowest BCUT2D eigenvalue weighted by atomic mass is 9.97. The van der Waals surface area contributed by atoms with Crippen molar-refractivity contribution < 1.29 is 14.1 Å². The molecule has 1 amide bonds. The highest BCUT2D eigenvalue weighted by atomic mass is 16.5. The molecule has 1 unspecified atom stereocenters. The van der Waals surface area contributed by atoms with Crippen molar-refractivity contribution in [2.45, 2.75) is 45.6 Å². The molecule has 0 spiro atoms. The van der Waals surface area contributed by atoms with Crippen molar-refractivity contribution in [1.29, 1.82) is 0 Å². The lowest BCUT2D eigenvalue weighted by Crippen LogP contribution is -2.44. The molecule has 0 saturated carbocycles. The van der Waals surface area contributed by atoms with Crippen LogP contribution in [0.15, 0.2) is 10.7 Å². The van der Waals surface area contributed by atoms with E-state index in [-0.39, 0.29) is 17.7 Å². The molecule has 2 heterocycles. The van der Waals surface area contributed by atoms with Crippen LogP contribution in [0.4, 0.5) is 0 Å². The van der Waals surface area contributed by atoms with Gasteiger partial charge >= 0.3 is 0 Å². The molecule has 0 aromatic carbocycles. The third-order valence-electron chi connectivity index (χ3n) is 3.39. The second kappa shape index (κ2) is 5.33. The highest BCUT2D eigenvalue weighted by molar-refractivity contribution is 5.95. The van der Waals surface area contributed by atoms with Crippen LogP contribution >= 0.6 is 0 Å². The minimum atomic E-state index is -0.0697. The Morgan fingerprint density at radius 3 is 2.89 bits per heavy atom. The van der Waals surface area contributed by atoms with Gasteiger partial charge in [0.2, 0.25) is 0 Å². The number of hydrogen-bond acceptors (Lipinski definition) is 4. The number of amides is 1. The monoisotopic (exact) mass is 250 g/mol. The number of rotatable bonds is 3. The van der Waals surface area contributed by atoms with E-state index in [0.717, 1.165) is 19.3 Å². The molecule has 5 nitrogen and oxygen atoms in total. The zero-order chi connectivity index (χ0) is 13.1. The van der Waals surface area contributed by atoms with E-state index in [1.807, 2.05) is 0 Å². The lowest BCUT2D eigenvalue weighted by Gasteiger charge is -2.35. The quantitative estimate of drug-likeness (QED) is 0.822. The first-order valence-corrected chi connectivity index (χ1v) is 6.31. The first-order chi connectivity index (χ1) is 8.59. The summed E-state index contributed by atoms with van der Waals surface area (Å²) >= 11 is 0. The number of Topliss-reactive ketones (excluding diaryl/α,β-unsaturated/α-hetero) is 1. The van der Waals surface area contributed by atoms with Gasteiger partial charge in [0.15, 0.2) is 0 Å². The molecule has 18 heavy (non-hydrogen) atoms. The van der Waals surface area contributed by atoms with Crippen LogP contribution in [0.25, 0.3) is 0 Å². The maximum atomic E-state index is 12.4. The molecule has 98 valence electrons. The predicted octanol–water partition coefficient (Wildman–Crippen LogP) is 1.96. The van der Waals surface area contributed by atoms with Crippen LogP contribution in [0.5, 0.6) is 0 Å². The fraction of sp³-hybridized carbons (Fsp3) is 0.615. The van der Waals surface area contributed by atoms with Crippen LogP contribution in [-0.2, 0) is 4.79 Å². The van der Waals surface area contributed by atoms with Gasteiger partial charge in [0.05, 0.1) is 6.20 Å². The fourth-order valence-corrected chi connectivity index (χ4v) is 2.47. The van der Waals surface area contributed by atoms with Crippen LogP contribution in [0, 0.1) is 6.92 Å². The molecule has 1 saturated heterocycles. The Hall–Kier alpha value is -1.65. The zero-order valence-corrected chi connectivity index (χ0v) is 10.8. The second-order valence-corrected chi connectivity index (χ2v) is 4.85. The first kappa shape index (κ1) is 12.8. The maximum Gasteiger partial charge on any atom is 0.259 e. The SMILES string of the molecule is CC(=O)CC1CCCCN1C(=O)c1cnoc1C. The Kier molecular flexibility index (Phi) is 3.79. The maximum absolute atomic E-state index is 12.4. The standard InChI is InChI=1S/C13H18N2O3/c1-9(16)7-11-5-3-4-6-15(11)13(17)12-8-14-18-10(12)2/h8,11H,3-7H2,1-2H3. The van der Waals surface area contributed by atoms with E-state index < -0.39 is 0 Å². The van der Waals surface area contributed by atoms with Gasteiger partial charge in [-0.05, 0) is 33.1 Å². The summed E-state index contributed by atoms with van der Waals surface area (Å²) in [4.78, 5) is 25.4. The van der Waals surface area contributed by atoms with Gasteiger partial charge in [0.1, 0.15) is 17.1 Å². The lowest BCUT2D eigenvalue weighted by molar-refractivity contribution is -0.118. The molecule has 1 aromatic rings. The highest BCUT2D eigenvalue weighted by Gasteiger charge is 2.29. The van der Waals surface area contributed by atoms with Crippen molar-refractivity contribution in [3.05, 3.63) is 17.5 Å². The molecule has 0 bridgehead atoms. The normalized spacial score (nSPS) is 19.9. The number of nitrogens with zero attached hydrogens (tertiary/aromatic N) is 2. The van der Waals surface area contributed by atoms with E-state index in [2.05, 4.69) is 5.16 Å². The van der Waals surface area contributed by atoms with E-state index >= 15 is 0 Å². The first-order valence-electron chi connectivity index (χ1n) is 6.31. The van der Waals surface area contributed by atoms with Crippen molar-refractivity contribution in [2.75, 3.05) is 6.54 Å². The number of hydrogen-bond donors (Lipinski definition) is 0. The van der Waals surface area contributed by atoms with E-state index in [4.69, 9.17) is 4.52 Å². The van der Waals surface area contributed by atoms with Crippen LogP contribution in [0.1, 0.15) is 48.7 Å². The number of aryl methyl sites for hydroxylation is 1. The molecule has 1 aliphatic rings. The Morgan fingerprint density at radius 1 is 1.50 bits per heavy atom. The van der Waals surface area contributed by atoms with Crippen molar-refractivity contribution in [3.8, 4) is 0 Å². The minimum Gasteiger partial charge on any atom is -0.361 e. The molecule has 5 heteroatoms. The van der Waals surface area contributed by atoms with Gasteiger partial charge in [-0.2, -0.15) is 0 Å². The summed E-state index contributed by atoms with van der Waals surface area (Å²) in [6.07, 6.45) is 4.86. The summed E-state index contributed by atoms with van der Waals surface area (Å²) in [6, 6.07) is 0.0260. The zero-order valence-electron chi connectivity index (χ0n) is 10.8. The van der Waals surface area contributed by atoms with Gasteiger partial charge in [-0.1, -0.05) is 5.16 Å². The Labute approximate surface area is 106 Å². The smallest absolute Gasteiger partial charge is 0.259 e. The van der Waals surface area contributed by atoms with Crippen LogP contribution < -0.4 is 0 Å². The molecule has 1 fully saturated rings. The van der Waals surface area contributed by atoms with Gasteiger partial charge in [-0.15, -0.1) is 0 Å². The number of carbonyl (C=O) groups is 2. The predicted molar refractivity (Wildman–Crippen MR) is 65.2 cm³/mol. The number of piperidine rings is 1. The summed E-state index contributed by atoms with van der Waals surface area (Å²) in [5, 5.41) is 3.63. The third-order valence-corrected chi connectivity index (χ3v) is 3.39. The molecule has 1 aliphatic heterocycles. The Bertz CT molecular complexity index is 453. The molecule has 0 radical (unpaired) electrons. The minimum absolute atomic E-state index is 0.0260. The second-order valence-electron chi connectivity index (χ2n) is 4.85. The van der Waals surface area contributed by atoms with Crippen LogP contribution in [0.3, 0.4) is 0 Å². The van der Waals surface area contributed by atoms with Crippen LogP contribution in [0.2, 0.25) is 0 Å². The van der Waals surface area contributed by atoms with Crippen molar-refractivity contribution in [1.82, 2.24) is 10.1 Å². The molecule has 1 aromatic heterocycles. The van der Waals surface area contributed by atoms with E-state index in [1.165, 1.54) is 6.20 Å². The van der Waals surface area contributed by atoms with Gasteiger partial charge < -0.3 is 9.42 Å². The number of likely N-dealkylation sites (tertiary alicyclic amines) is 1. The van der Waals surface area contributed by atoms with Gasteiger partial charge in [0.25, 0.3) is 5.91 Å². The van der Waals surface area contributed by atoms with Gasteiger partial charge in [-0.3, -0.25) is 9.59 Å². The molecule has 0 aliphatic carbocycles. The molecule has 2 rings (SSSR count). The van der Waals surface area contributed by atoms with Crippen molar-refractivity contribution in [2.24, 2.45) is 0 Å². The van der Waals surface area contributed by atoms with E-state index in [0.29, 0.717) is 24.3 Å². The molecular formula is C13H18N2O3. The highest BCUT2D eigenvalue weighted by Crippen LogP contribution is 2.23. The summed E-state index contributed by atoms with van der Waals surface area (Å²) in [5.74, 6) is 0.591. The molecular weight excluding hydrogens is 232 g/mol. The Morgan fingerprint density at radius 2 is 2.28 bits per heavy atom. The third kappa shape index (κ3) is 2.60. The average molecular weight is 250 g/mol. The Balaban J connectivity index is 2.16. The van der Waals surface area contributed by atoms with Crippen LogP contribution in [-0.4, -0.2) is 34.3 Å².